The van der Waals surface area contributed by atoms with Gasteiger partial charge in [0.15, 0.2) is 0 Å². The molecule has 0 fully saturated rings. The van der Waals surface area contributed by atoms with E-state index >= 15 is 0 Å². The molecule has 0 aromatic rings. The smallest absolute Gasteiger partial charge is 0.330 e. The number of hydrogen-bond donors (Lipinski definition) is 0. The molecule has 0 aromatic carbocycles. The molecule has 78 valence electrons. The highest BCUT2D eigenvalue weighted by Gasteiger charge is 2.08. The van der Waals surface area contributed by atoms with Crippen molar-refractivity contribution in [1.29, 1.82) is 0 Å². The summed E-state index contributed by atoms with van der Waals surface area (Å²) in [5, 5.41) is 0. The zero-order valence-corrected chi connectivity index (χ0v) is 8.36. The van der Waals surface area contributed by atoms with E-state index in [2.05, 4.69) is 11.6 Å². The number of carbonyl (C=O) groups is 1. The van der Waals surface area contributed by atoms with E-state index in [1.54, 1.807) is 0 Å². The van der Waals surface area contributed by atoms with Crippen LogP contribution in [-0.2, 0) is 14.3 Å². The van der Waals surface area contributed by atoms with Gasteiger partial charge in [0.2, 0.25) is 6.08 Å². The van der Waals surface area contributed by atoms with Crippen molar-refractivity contribution in [3.8, 4) is 0 Å². The van der Waals surface area contributed by atoms with E-state index in [1.807, 2.05) is 6.92 Å². The lowest BCUT2D eigenvalue weighted by molar-refractivity contribution is -0.138. The average Bonchev–Trinajstić information content (AvgIpc) is 2.21. The fourth-order valence-corrected chi connectivity index (χ4v) is 0.937. The number of hydrogen-bond acceptors (Lipinski definition) is 4. The molecule has 0 N–H and O–H groups in total. The Bertz CT molecular complexity index is 232. The van der Waals surface area contributed by atoms with Crippen LogP contribution < -0.4 is 0 Å². The number of esters is 1. The van der Waals surface area contributed by atoms with E-state index in [0.29, 0.717) is 0 Å². The molecular formula is C10H15NO3. The molecular weight excluding hydrogens is 182 g/mol. The Kier molecular flexibility index (Phi) is 7.37. The summed E-state index contributed by atoms with van der Waals surface area (Å²) in [6, 6.07) is -0.267. The SMILES string of the molecule is C=CC(=O)OCC(CCCC)N=C=O. The van der Waals surface area contributed by atoms with Gasteiger partial charge < -0.3 is 4.74 Å². The summed E-state index contributed by atoms with van der Waals surface area (Å²) in [6.07, 6.45) is 5.25. The zero-order chi connectivity index (χ0) is 10.8. The number of ether oxygens (including phenoxy) is 1. The van der Waals surface area contributed by atoms with Crippen LogP contribution >= 0.6 is 0 Å². The van der Waals surface area contributed by atoms with Gasteiger partial charge in [0.25, 0.3) is 0 Å². The van der Waals surface area contributed by atoms with Crippen LogP contribution in [0.25, 0.3) is 0 Å². The first-order chi connectivity index (χ1) is 6.74. The number of aliphatic imine (C=N–C) groups is 1. The van der Waals surface area contributed by atoms with Gasteiger partial charge in [-0.1, -0.05) is 26.3 Å². The van der Waals surface area contributed by atoms with E-state index in [9.17, 15) is 9.59 Å². The lowest BCUT2D eigenvalue weighted by Gasteiger charge is -2.09. The number of rotatable bonds is 7. The molecule has 0 amide bonds. The van der Waals surface area contributed by atoms with Crippen molar-refractivity contribution in [3.63, 3.8) is 0 Å². The predicted octanol–water partition coefficient (Wildman–Crippen LogP) is 1.61. The predicted molar refractivity (Wildman–Crippen MR) is 52.6 cm³/mol. The standard InChI is InChI=1S/C10H15NO3/c1-3-5-6-9(11-8-12)7-14-10(13)4-2/h4,9H,2-3,5-7H2,1H3. The van der Waals surface area contributed by atoms with Crippen LogP contribution in [0.4, 0.5) is 0 Å². The Morgan fingerprint density at radius 3 is 2.93 bits per heavy atom. The van der Waals surface area contributed by atoms with Crippen LogP contribution in [0.15, 0.2) is 17.6 Å². The first-order valence-electron chi connectivity index (χ1n) is 4.60. The lowest BCUT2D eigenvalue weighted by Crippen LogP contribution is -2.16. The normalized spacial score (nSPS) is 11.2. The Morgan fingerprint density at radius 1 is 1.71 bits per heavy atom. The topological polar surface area (TPSA) is 55.7 Å². The third kappa shape index (κ3) is 6.14. The minimum absolute atomic E-state index is 0.125. The highest BCUT2D eigenvalue weighted by atomic mass is 16.5. The van der Waals surface area contributed by atoms with Crippen molar-refractivity contribution in [2.45, 2.75) is 32.2 Å². The van der Waals surface area contributed by atoms with Crippen molar-refractivity contribution < 1.29 is 14.3 Å². The molecule has 0 bridgehead atoms. The molecule has 0 saturated carbocycles. The van der Waals surface area contributed by atoms with Crippen molar-refractivity contribution in [2.24, 2.45) is 4.99 Å². The van der Waals surface area contributed by atoms with Gasteiger partial charge in [-0.2, -0.15) is 4.99 Å². The number of isocyanates is 1. The molecule has 0 aliphatic rings. The van der Waals surface area contributed by atoms with Gasteiger partial charge >= 0.3 is 5.97 Å². The van der Waals surface area contributed by atoms with E-state index in [-0.39, 0.29) is 12.6 Å². The summed E-state index contributed by atoms with van der Waals surface area (Å²) < 4.78 is 4.77. The van der Waals surface area contributed by atoms with Crippen LogP contribution in [0.5, 0.6) is 0 Å². The molecule has 14 heavy (non-hydrogen) atoms. The molecule has 1 atom stereocenters. The summed E-state index contributed by atoms with van der Waals surface area (Å²) in [6.45, 7) is 5.43. The maximum absolute atomic E-state index is 10.7. The van der Waals surface area contributed by atoms with Crippen LogP contribution in [0.1, 0.15) is 26.2 Å². The third-order valence-electron chi connectivity index (χ3n) is 1.71. The molecule has 0 rings (SSSR count). The number of carbonyl (C=O) groups excluding carboxylic acids is 2. The lowest BCUT2D eigenvalue weighted by atomic mass is 10.1. The molecule has 0 heterocycles. The van der Waals surface area contributed by atoms with Crippen molar-refractivity contribution >= 4 is 12.0 Å². The van der Waals surface area contributed by atoms with Crippen LogP contribution in [0, 0.1) is 0 Å². The van der Waals surface area contributed by atoms with E-state index in [1.165, 1.54) is 6.08 Å². The van der Waals surface area contributed by atoms with Crippen LogP contribution in [-0.4, -0.2) is 24.7 Å². The largest absolute Gasteiger partial charge is 0.460 e. The van der Waals surface area contributed by atoms with Gasteiger partial charge in [-0.25, -0.2) is 9.59 Å². The van der Waals surface area contributed by atoms with Crippen molar-refractivity contribution in [3.05, 3.63) is 12.7 Å². The Labute approximate surface area is 83.7 Å². The number of unbranched alkanes of at least 4 members (excludes halogenated alkanes) is 1. The Balaban J connectivity index is 3.89. The molecule has 0 radical (unpaired) electrons. The summed E-state index contributed by atoms with van der Waals surface area (Å²) >= 11 is 0. The maximum Gasteiger partial charge on any atom is 0.330 e. The molecule has 0 aliphatic carbocycles. The van der Waals surface area contributed by atoms with Crippen molar-refractivity contribution in [2.75, 3.05) is 6.61 Å². The zero-order valence-electron chi connectivity index (χ0n) is 8.36. The van der Waals surface area contributed by atoms with Gasteiger partial charge in [0, 0.05) is 6.08 Å². The van der Waals surface area contributed by atoms with Gasteiger partial charge in [0.1, 0.15) is 6.61 Å². The second kappa shape index (κ2) is 8.20. The summed E-state index contributed by atoms with van der Waals surface area (Å²) in [5.74, 6) is -0.493. The molecule has 1 unspecified atom stereocenters. The Morgan fingerprint density at radius 2 is 2.43 bits per heavy atom. The highest BCUT2D eigenvalue weighted by molar-refractivity contribution is 5.81. The van der Waals surface area contributed by atoms with Crippen LogP contribution in [0.2, 0.25) is 0 Å². The molecule has 0 saturated heterocycles. The molecule has 4 nitrogen and oxygen atoms in total. The minimum Gasteiger partial charge on any atom is -0.460 e. The summed E-state index contributed by atoms with van der Waals surface area (Å²) in [7, 11) is 0. The fraction of sp³-hybridized carbons (Fsp3) is 0.600. The minimum atomic E-state index is -0.493. The average molecular weight is 197 g/mol. The van der Waals surface area contributed by atoms with Gasteiger partial charge in [0.05, 0.1) is 6.04 Å². The van der Waals surface area contributed by atoms with Gasteiger partial charge in [-0.3, -0.25) is 0 Å². The summed E-state index contributed by atoms with van der Waals surface area (Å²) in [4.78, 5) is 24.3. The second-order valence-electron chi connectivity index (χ2n) is 2.85. The monoisotopic (exact) mass is 197 g/mol. The fourth-order valence-electron chi connectivity index (χ4n) is 0.937. The molecule has 0 spiro atoms. The molecule has 0 aliphatic heterocycles. The third-order valence-corrected chi connectivity index (χ3v) is 1.71. The van der Waals surface area contributed by atoms with Gasteiger partial charge in [-0.15, -0.1) is 0 Å². The van der Waals surface area contributed by atoms with Crippen LogP contribution in [0.3, 0.4) is 0 Å². The highest BCUT2D eigenvalue weighted by Crippen LogP contribution is 2.04. The van der Waals surface area contributed by atoms with Gasteiger partial charge in [-0.05, 0) is 6.42 Å². The first kappa shape index (κ1) is 12.6. The maximum atomic E-state index is 10.7. The Hall–Kier alpha value is -1.41. The molecule has 0 aromatic heterocycles. The van der Waals surface area contributed by atoms with Crippen molar-refractivity contribution in [1.82, 2.24) is 0 Å². The van der Waals surface area contributed by atoms with E-state index in [0.717, 1.165) is 25.3 Å². The second-order valence-corrected chi connectivity index (χ2v) is 2.85. The quantitative estimate of drug-likeness (QED) is 0.269. The number of nitrogens with zero attached hydrogens (tertiary/aromatic N) is 1. The molecule has 4 heteroatoms. The summed E-state index contributed by atoms with van der Waals surface area (Å²) in [5.41, 5.74) is 0. The van der Waals surface area contributed by atoms with E-state index < -0.39 is 5.97 Å². The first-order valence-corrected chi connectivity index (χ1v) is 4.60. The van der Waals surface area contributed by atoms with E-state index in [4.69, 9.17) is 4.74 Å².